The quantitative estimate of drug-likeness (QED) is 0.248. The normalized spacial score (nSPS) is 15.2. The Morgan fingerprint density at radius 2 is 1.84 bits per heavy atom. The molecule has 2 aromatic carbocycles. The fourth-order valence-corrected chi connectivity index (χ4v) is 4.61. The maximum atomic E-state index is 13.7. The molecule has 1 fully saturated rings. The van der Waals surface area contributed by atoms with Crippen LogP contribution in [0.25, 0.3) is 0 Å². The first-order chi connectivity index (χ1) is 17.8. The highest BCUT2D eigenvalue weighted by molar-refractivity contribution is 7.80. The molecule has 2 heterocycles. The summed E-state index contributed by atoms with van der Waals surface area (Å²) in [5.74, 6) is 0.143. The predicted molar refractivity (Wildman–Crippen MR) is 149 cm³/mol. The molecule has 1 saturated heterocycles. The summed E-state index contributed by atoms with van der Waals surface area (Å²) in [4.78, 5) is 29.8. The van der Waals surface area contributed by atoms with Gasteiger partial charge >= 0.3 is 0 Å². The highest BCUT2D eigenvalue weighted by Crippen LogP contribution is 2.29. The molecular formula is C28H33N5O3S. The van der Waals surface area contributed by atoms with Gasteiger partial charge in [0.15, 0.2) is 5.11 Å². The van der Waals surface area contributed by atoms with Crippen molar-refractivity contribution in [1.29, 1.82) is 0 Å². The standard InChI is InChI=1S/C28H33N5O3S/c1-5-6-15-36-24-13-11-23(12-14-24)33-26(34)16-25(27(33)35)32(18-21-17-31(4)30-20(21)3)28(37)29-22-9-7-19(2)8-10-22/h7-14,17,25H,5-6,15-16,18H2,1-4H3,(H,29,37)/t25-/m1/s1. The highest BCUT2D eigenvalue weighted by Gasteiger charge is 2.44. The number of hydrogen-bond acceptors (Lipinski definition) is 5. The summed E-state index contributed by atoms with van der Waals surface area (Å²) in [5.41, 5.74) is 4.25. The smallest absolute Gasteiger partial charge is 0.257 e. The average Bonchev–Trinajstić information content (AvgIpc) is 3.35. The molecular weight excluding hydrogens is 486 g/mol. The molecule has 1 aliphatic rings. The molecule has 1 aliphatic heterocycles. The van der Waals surface area contributed by atoms with E-state index in [9.17, 15) is 9.59 Å². The van der Waals surface area contributed by atoms with E-state index >= 15 is 0 Å². The number of imide groups is 1. The lowest BCUT2D eigenvalue weighted by molar-refractivity contribution is -0.122. The lowest BCUT2D eigenvalue weighted by Gasteiger charge is -2.30. The molecule has 0 aliphatic carbocycles. The number of amides is 2. The fraction of sp³-hybridized carbons (Fsp3) is 0.357. The predicted octanol–water partition coefficient (Wildman–Crippen LogP) is 4.75. The molecule has 194 valence electrons. The van der Waals surface area contributed by atoms with E-state index in [1.54, 1.807) is 33.8 Å². The van der Waals surface area contributed by atoms with Gasteiger partial charge in [-0.15, -0.1) is 0 Å². The molecule has 2 amide bonds. The van der Waals surface area contributed by atoms with E-state index in [1.807, 2.05) is 51.4 Å². The van der Waals surface area contributed by atoms with Crippen LogP contribution in [0.5, 0.6) is 5.75 Å². The van der Waals surface area contributed by atoms with E-state index in [0.717, 1.165) is 35.3 Å². The molecule has 0 radical (unpaired) electrons. The number of carbonyl (C=O) groups is 2. The summed E-state index contributed by atoms with van der Waals surface area (Å²) in [7, 11) is 1.85. The zero-order valence-electron chi connectivity index (χ0n) is 21.7. The molecule has 0 bridgehead atoms. The minimum absolute atomic E-state index is 0.0304. The zero-order chi connectivity index (χ0) is 26.5. The molecule has 0 unspecified atom stereocenters. The van der Waals surface area contributed by atoms with Crippen LogP contribution in [-0.4, -0.2) is 44.3 Å². The van der Waals surface area contributed by atoms with Crippen LogP contribution in [0.2, 0.25) is 0 Å². The van der Waals surface area contributed by atoms with Crippen molar-refractivity contribution in [2.45, 2.75) is 52.6 Å². The Morgan fingerprint density at radius 3 is 2.46 bits per heavy atom. The van der Waals surface area contributed by atoms with Gasteiger partial charge in [0, 0.05) is 31.0 Å². The van der Waals surface area contributed by atoms with Crippen molar-refractivity contribution in [3.8, 4) is 5.75 Å². The number of carbonyl (C=O) groups excluding carboxylic acids is 2. The zero-order valence-corrected chi connectivity index (χ0v) is 22.5. The van der Waals surface area contributed by atoms with Gasteiger partial charge in [0.2, 0.25) is 5.91 Å². The van der Waals surface area contributed by atoms with Crippen LogP contribution in [0, 0.1) is 13.8 Å². The fourth-order valence-electron chi connectivity index (χ4n) is 4.30. The molecule has 8 nitrogen and oxygen atoms in total. The molecule has 3 aromatic rings. The van der Waals surface area contributed by atoms with Gasteiger partial charge in [-0.25, -0.2) is 4.90 Å². The van der Waals surface area contributed by atoms with Crippen LogP contribution in [0.1, 0.15) is 43.0 Å². The Morgan fingerprint density at radius 1 is 1.14 bits per heavy atom. The van der Waals surface area contributed by atoms with Gasteiger partial charge in [-0.3, -0.25) is 14.3 Å². The first kappa shape index (κ1) is 26.3. The van der Waals surface area contributed by atoms with Crippen molar-refractivity contribution in [2.24, 2.45) is 7.05 Å². The van der Waals surface area contributed by atoms with Crippen molar-refractivity contribution < 1.29 is 14.3 Å². The highest BCUT2D eigenvalue weighted by atomic mass is 32.1. The Hall–Kier alpha value is -3.72. The number of aryl methyl sites for hydroxylation is 3. The summed E-state index contributed by atoms with van der Waals surface area (Å²) in [6.07, 6.45) is 3.96. The van der Waals surface area contributed by atoms with Gasteiger partial charge in [0.25, 0.3) is 5.91 Å². The summed E-state index contributed by atoms with van der Waals surface area (Å²) in [5, 5.41) is 8.05. The van der Waals surface area contributed by atoms with E-state index in [1.165, 1.54) is 4.90 Å². The Balaban J connectivity index is 1.57. The molecule has 0 spiro atoms. The van der Waals surface area contributed by atoms with E-state index in [0.29, 0.717) is 29.7 Å². The number of ether oxygens (including phenoxy) is 1. The minimum atomic E-state index is -0.738. The molecule has 1 aromatic heterocycles. The monoisotopic (exact) mass is 519 g/mol. The van der Waals surface area contributed by atoms with Crippen LogP contribution in [-0.2, 0) is 23.2 Å². The second kappa shape index (κ2) is 11.6. The Bertz CT molecular complexity index is 1270. The number of rotatable bonds is 9. The van der Waals surface area contributed by atoms with Crippen LogP contribution in [0.15, 0.2) is 54.7 Å². The third-order valence-corrected chi connectivity index (χ3v) is 6.72. The lowest BCUT2D eigenvalue weighted by atomic mass is 10.1. The molecule has 4 rings (SSSR count). The Kier molecular flexibility index (Phi) is 8.23. The molecule has 1 atom stereocenters. The number of nitrogens with one attached hydrogen (secondary N) is 1. The van der Waals surface area contributed by atoms with Crippen LogP contribution >= 0.6 is 12.2 Å². The number of benzene rings is 2. The van der Waals surface area contributed by atoms with Crippen molar-refractivity contribution in [3.63, 3.8) is 0 Å². The van der Waals surface area contributed by atoms with Gasteiger partial charge in [0.05, 0.1) is 24.4 Å². The van der Waals surface area contributed by atoms with Gasteiger partial charge in [0.1, 0.15) is 11.8 Å². The second-order valence-electron chi connectivity index (χ2n) is 9.32. The van der Waals surface area contributed by atoms with Crippen molar-refractivity contribution >= 4 is 40.5 Å². The molecule has 1 N–H and O–H groups in total. The van der Waals surface area contributed by atoms with Gasteiger partial charge in [-0.1, -0.05) is 31.0 Å². The number of thiocarbonyl (C=S) groups is 1. The molecule has 9 heteroatoms. The van der Waals surface area contributed by atoms with Crippen LogP contribution < -0.4 is 15.0 Å². The number of anilines is 2. The van der Waals surface area contributed by atoms with E-state index in [4.69, 9.17) is 17.0 Å². The van der Waals surface area contributed by atoms with Crippen molar-refractivity contribution in [3.05, 3.63) is 71.5 Å². The number of unbranched alkanes of at least 4 members (excludes halogenated alkanes) is 1. The SMILES string of the molecule is CCCCOc1ccc(N2C(=O)C[C@@H](N(Cc3cn(C)nc3C)C(=S)Nc3ccc(C)cc3)C2=O)cc1. The van der Waals surface area contributed by atoms with Crippen LogP contribution in [0.3, 0.4) is 0 Å². The largest absolute Gasteiger partial charge is 0.494 e. The molecule has 0 saturated carbocycles. The topological polar surface area (TPSA) is 79.7 Å². The van der Waals surface area contributed by atoms with Crippen molar-refractivity contribution in [2.75, 3.05) is 16.8 Å². The first-order valence-electron chi connectivity index (χ1n) is 12.5. The number of hydrogen-bond donors (Lipinski definition) is 1. The summed E-state index contributed by atoms with van der Waals surface area (Å²) in [6.45, 7) is 7.02. The Labute approximate surface area is 223 Å². The van der Waals surface area contributed by atoms with Gasteiger partial charge < -0.3 is 15.0 Å². The van der Waals surface area contributed by atoms with Gasteiger partial charge in [-0.2, -0.15) is 5.10 Å². The summed E-state index contributed by atoms with van der Waals surface area (Å²) >= 11 is 5.78. The number of aromatic nitrogens is 2. The van der Waals surface area contributed by atoms with Crippen molar-refractivity contribution in [1.82, 2.24) is 14.7 Å². The first-order valence-corrected chi connectivity index (χ1v) is 12.9. The van der Waals surface area contributed by atoms with E-state index < -0.39 is 6.04 Å². The van der Waals surface area contributed by atoms with Crippen LogP contribution in [0.4, 0.5) is 11.4 Å². The lowest BCUT2D eigenvalue weighted by Crippen LogP contribution is -2.46. The minimum Gasteiger partial charge on any atom is -0.494 e. The van der Waals surface area contributed by atoms with E-state index in [2.05, 4.69) is 17.3 Å². The maximum absolute atomic E-state index is 13.7. The maximum Gasteiger partial charge on any atom is 0.257 e. The summed E-state index contributed by atoms with van der Waals surface area (Å²) < 4.78 is 7.46. The molecule has 37 heavy (non-hydrogen) atoms. The van der Waals surface area contributed by atoms with Gasteiger partial charge in [-0.05, 0) is 68.9 Å². The average molecular weight is 520 g/mol. The number of nitrogens with zero attached hydrogens (tertiary/aromatic N) is 4. The third kappa shape index (κ3) is 6.17. The van der Waals surface area contributed by atoms with E-state index in [-0.39, 0.29) is 18.2 Å². The second-order valence-corrected chi connectivity index (χ2v) is 9.71. The third-order valence-electron chi connectivity index (χ3n) is 6.38. The summed E-state index contributed by atoms with van der Waals surface area (Å²) in [6, 6.07) is 14.2.